The normalized spacial score (nSPS) is 12.4. The van der Waals surface area contributed by atoms with Crippen LogP contribution in [0.2, 0.25) is 23.2 Å². The molecular formula is C20H23ClN2O3Si. The van der Waals surface area contributed by atoms with E-state index >= 15 is 0 Å². The molecule has 0 amide bonds. The van der Waals surface area contributed by atoms with E-state index in [2.05, 4.69) is 38.8 Å². The highest BCUT2D eigenvalue weighted by molar-refractivity contribution is 6.74. The summed E-state index contributed by atoms with van der Waals surface area (Å²) in [5.41, 5.74) is 0.122. The first-order valence-corrected chi connectivity index (χ1v) is 12.0. The number of aromatic amines is 1. The zero-order valence-corrected chi connectivity index (χ0v) is 17.8. The van der Waals surface area contributed by atoms with Gasteiger partial charge in [-0.25, -0.2) is 4.79 Å². The van der Waals surface area contributed by atoms with Gasteiger partial charge >= 0.3 is 5.69 Å². The Morgan fingerprint density at radius 1 is 1.07 bits per heavy atom. The molecule has 7 heteroatoms. The molecule has 27 heavy (non-hydrogen) atoms. The number of rotatable bonds is 3. The molecule has 0 fully saturated rings. The van der Waals surface area contributed by atoms with Gasteiger partial charge < -0.3 is 4.43 Å². The van der Waals surface area contributed by atoms with E-state index in [9.17, 15) is 9.59 Å². The van der Waals surface area contributed by atoms with Crippen molar-refractivity contribution in [2.24, 2.45) is 0 Å². The van der Waals surface area contributed by atoms with Gasteiger partial charge in [0.1, 0.15) is 5.75 Å². The predicted molar refractivity (Wildman–Crippen MR) is 113 cm³/mol. The molecule has 1 heterocycles. The van der Waals surface area contributed by atoms with Gasteiger partial charge in [0.05, 0.1) is 16.6 Å². The van der Waals surface area contributed by atoms with E-state index in [0.717, 1.165) is 0 Å². The van der Waals surface area contributed by atoms with E-state index in [4.69, 9.17) is 16.0 Å². The molecule has 2 aromatic carbocycles. The van der Waals surface area contributed by atoms with Crippen LogP contribution in [0.3, 0.4) is 0 Å². The predicted octanol–water partition coefficient (Wildman–Crippen LogP) is 4.72. The zero-order chi connectivity index (χ0) is 20.0. The number of halogens is 1. The van der Waals surface area contributed by atoms with Crippen LogP contribution in [0.4, 0.5) is 0 Å². The molecule has 3 rings (SSSR count). The van der Waals surface area contributed by atoms with E-state index < -0.39 is 19.6 Å². The fraction of sp³-hybridized carbons (Fsp3) is 0.300. The number of fused-ring (bicyclic) bond motifs is 1. The molecule has 5 nitrogen and oxygen atoms in total. The average molecular weight is 403 g/mol. The molecule has 0 saturated heterocycles. The Bertz CT molecular complexity index is 1130. The van der Waals surface area contributed by atoms with E-state index in [1.54, 1.807) is 24.3 Å². The Hall–Kier alpha value is -2.31. The Morgan fingerprint density at radius 2 is 1.78 bits per heavy atom. The lowest BCUT2D eigenvalue weighted by Crippen LogP contribution is -2.43. The number of nitrogens with zero attached hydrogens (tertiary/aromatic N) is 1. The molecule has 0 aliphatic rings. The van der Waals surface area contributed by atoms with Crippen molar-refractivity contribution in [1.29, 1.82) is 0 Å². The Balaban J connectivity index is 2.18. The molecule has 0 radical (unpaired) electrons. The van der Waals surface area contributed by atoms with Gasteiger partial charge in [0.2, 0.25) is 8.32 Å². The molecule has 1 N–H and O–H groups in total. The van der Waals surface area contributed by atoms with Gasteiger partial charge in [0.15, 0.2) is 0 Å². The number of hydrogen-bond donors (Lipinski definition) is 1. The number of hydrogen-bond acceptors (Lipinski definition) is 3. The van der Waals surface area contributed by atoms with Crippen molar-refractivity contribution in [3.8, 4) is 11.4 Å². The molecule has 0 saturated carbocycles. The molecule has 0 unspecified atom stereocenters. The minimum absolute atomic E-state index is 0.0536. The van der Waals surface area contributed by atoms with Crippen molar-refractivity contribution in [3.63, 3.8) is 0 Å². The summed E-state index contributed by atoms with van der Waals surface area (Å²) in [6.07, 6.45) is 0. The summed E-state index contributed by atoms with van der Waals surface area (Å²) in [6.45, 7) is 10.9. The quantitative estimate of drug-likeness (QED) is 0.645. The summed E-state index contributed by atoms with van der Waals surface area (Å²) in [5, 5.41) is 0.905. The highest BCUT2D eigenvalue weighted by Crippen LogP contribution is 2.37. The summed E-state index contributed by atoms with van der Waals surface area (Å²) in [7, 11) is -2.02. The smallest absolute Gasteiger partial charge is 0.333 e. The lowest BCUT2D eigenvalue weighted by atomic mass is 10.2. The van der Waals surface area contributed by atoms with Gasteiger partial charge in [-0.1, -0.05) is 38.4 Å². The fourth-order valence-electron chi connectivity index (χ4n) is 2.60. The standard InChI is InChI=1S/C20H23ClN2O3Si/c1-20(2,3)27(4,5)26-15-8-6-7-14(12-15)23-17-11-13(21)9-10-16(17)18(24)22-19(23)25/h6-12H,1-5H3,(H,22,24,25). The first-order valence-electron chi connectivity index (χ1n) is 8.74. The minimum Gasteiger partial charge on any atom is -0.543 e. The van der Waals surface area contributed by atoms with Crippen molar-refractivity contribution in [2.45, 2.75) is 38.9 Å². The molecule has 142 valence electrons. The van der Waals surface area contributed by atoms with Crippen LogP contribution in [-0.2, 0) is 0 Å². The summed E-state index contributed by atoms with van der Waals surface area (Å²) >= 11 is 6.10. The summed E-state index contributed by atoms with van der Waals surface area (Å²) in [5.74, 6) is 0.701. The average Bonchev–Trinajstić information content (AvgIpc) is 2.53. The lowest BCUT2D eigenvalue weighted by molar-refractivity contribution is 0.492. The van der Waals surface area contributed by atoms with Gasteiger partial charge in [-0.3, -0.25) is 14.3 Å². The maximum Gasteiger partial charge on any atom is 0.333 e. The molecule has 0 atom stereocenters. The maximum atomic E-state index is 12.6. The number of aromatic nitrogens is 2. The third kappa shape index (κ3) is 3.73. The summed E-state index contributed by atoms with van der Waals surface area (Å²) in [4.78, 5) is 27.1. The molecule has 0 bridgehead atoms. The van der Waals surface area contributed by atoms with Crippen molar-refractivity contribution in [2.75, 3.05) is 0 Å². The second-order valence-corrected chi connectivity index (χ2v) is 13.3. The monoisotopic (exact) mass is 402 g/mol. The molecule has 0 aliphatic heterocycles. The largest absolute Gasteiger partial charge is 0.543 e. The Labute approximate surface area is 163 Å². The van der Waals surface area contributed by atoms with E-state index in [0.29, 0.717) is 27.4 Å². The van der Waals surface area contributed by atoms with Gasteiger partial charge in [0, 0.05) is 11.1 Å². The van der Waals surface area contributed by atoms with Crippen LogP contribution >= 0.6 is 11.6 Å². The van der Waals surface area contributed by atoms with Crippen molar-refractivity contribution >= 4 is 30.8 Å². The van der Waals surface area contributed by atoms with E-state index in [1.807, 2.05) is 18.2 Å². The topological polar surface area (TPSA) is 64.1 Å². The zero-order valence-electron chi connectivity index (χ0n) is 16.1. The maximum absolute atomic E-state index is 12.6. The first-order chi connectivity index (χ1) is 12.5. The third-order valence-corrected chi connectivity index (χ3v) is 9.72. The van der Waals surface area contributed by atoms with Crippen molar-refractivity contribution in [3.05, 3.63) is 68.3 Å². The molecule has 3 aromatic rings. The van der Waals surface area contributed by atoms with Gasteiger partial charge in [-0.2, -0.15) is 0 Å². The van der Waals surface area contributed by atoms with Crippen LogP contribution in [-0.4, -0.2) is 17.9 Å². The second kappa shape index (κ2) is 6.69. The molecular weight excluding hydrogens is 380 g/mol. The third-order valence-electron chi connectivity index (χ3n) is 5.12. The SMILES string of the molecule is CC(C)(C)[Si](C)(C)Oc1cccc(-n2c(=O)[nH]c(=O)c3ccc(Cl)cc32)c1. The number of H-pyrrole nitrogens is 1. The lowest BCUT2D eigenvalue weighted by Gasteiger charge is -2.36. The van der Waals surface area contributed by atoms with Gasteiger partial charge in [-0.15, -0.1) is 0 Å². The summed E-state index contributed by atoms with van der Waals surface area (Å²) in [6, 6.07) is 12.2. The van der Waals surface area contributed by atoms with Crippen molar-refractivity contribution < 1.29 is 4.43 Å². The fourth-order valence-corrected chi connectivity index (χ4v) is 3.79. The molecule has 0 aliphatic carbocycles. The molecule has 0 spiro atoms. The number of benzene rings is 2. The van der Waals surface area contributed by atoms with Crippen LogP contribution in [0.25, 0.3) is 16.6 Å². The van der Waals surface area contributed by atoms with E-state index in [-0.39, 0.29) is 5.04 Å². The van der Waals surface area contributed by atoms with Crippen LogP contribution in [0.5, 0.6) is 5.75 Å². The van der Waals surface area contributed by atoms with Crippen LogP contribution in [0.15, 0.2) is 52.1 Å². The Morgan fingerprint density at radius 3 is 2.44 bits per heavy atom. The van der Waals surface area contributed by atoms with Crippen LogP contribution in [0.1, 0.15) is 20.8 Å². The summed E-state index contributed by atoms with van der Waals surface area (Å²) < 4.78 is 7.80. The van der Waals surface area contributed by atoms with Crippen molar-refractivity contribution in [1.82, 2.24) is 9.55 Å². The van der Waals surface area contributed by atoms with Gasteiger partial charge in [0.25, 0.3) is 5.56 Å². The Kier molecular flexibility index (Phi) is 4.82. The highest BCUT2D eigenvalue weighted by atomic mass is 35.5. The number of nitrogens with one attached hydrogen (secondary N) is 1. The minimum atomic E-state index is -2.02. The van der Waals surface area contributed by atoms with E-state index in [1.165, 1.54) is 4.57 Å². The second-order valence-electron chi connectivity index (χ2n) is 8.12. The van der Waals surface area contributed by atoms with Gasteiger partial charge in [-0.05, 0) is 48.5 Å². The van der Waals surface area contributed by atoms with Crippen LogP contribution < -0.4 is 15.7 Å². The van der Waals surface area contributed by atoms with Crippen LogP contribution in [0, 0.1) is 0 Å². The highest BCUT2D eigenvalue weighted by Gasteiger charge is 2.39. The first kappa shape index (κ1) is 19.4. The molecule has 1 aromatic heterocycles.